The number of aromatic nitrogens is 2. The zero-order valence-corrected chi connectivity index (χ0v) is 17.7. The highest BCUT2D eigenvalue weighted by Crippen LogP contribution is 2.32. The van der Waals surface area contributed by atoms with Crippen LogP contribution in [0.4, 0.5) is 5.69 Å². The molecule has 2 aromatic heterocycles. The highest BCUT2D eigenvalue weighted by molar-refractivity contribution is 8.00. The van der Waals surface area contributed by atoms with E-state index in [1.54, 1.807) is 31.2 Å². The number of anilines is 1. The van der Waals surface area contributed by atoms with Crippen molar-refractivity contribution in [2.75, 3.05) is 5.32 Å². The molecule has 0 saturated heterocycles. The minimum absolute atomic E-state index is 0.198. The standard InChI is InChI=1S/C21H16ClN3O2S2/c1-12(18(26)23-15-9-5-8-14(22)10-15)29-21-24-19(27)17-16(11-28-20(17)25-21)13-6-3-2-4-7-13/h2-12H,1H3,(H,23,26)(H,24,25,27). The Morgan fingerprint density at radius 1 is 1.21 bits per heavy atom. The zero-order chi connectivity index (χ0) is 20.4. The molecule has 0 fully saturated rings. The van der Waals surface area contributed by atoms with Crippen LogP contribution in [0.3, 0.4) is 0 Å². The van der Waals surface area contributed by atoms with Gasteiger partial charge in [-0.25, -0.2) is 4.98 Å². The highest BCUT2D eigenvalue weighted by atomic mass is 35.5. The van der Waals surface area contributed by atoms with Crippen molar-refractivity contribution in [2.45, 2.75) is 17.3 Å². The number of aromatic amines is 1. The molecule has 1 unspecified atom stereocenters. The number of nitrogens with one attached hydrogen (secondary N) is 2. The lowest BCUT2D eigenvalue weighted by Crippen LogP contribution is -2.23. The van der Waals surface area contributed by atoms with Crippen LogP contribution in [0, 0.1) is 0 Å². The average molecular weight is 442 g/mol. The largest absolute Gasteiger partial charge is 0.325 e. The Morgan fingerprint density at radius 2 is 2.00 bits per heavy atom. The Morgan fingerprint density at radius 3 is 2.76 bits per heavy atom. The lowest BCUT2D eigenvalue weighted by molar-refractivity contribution is -0.115. The van der Waals surface area contributed by atoms with Gasteiger partial charge < -0.3 is 10.3 Å². The second kappa shape index (κ2) is 8.41. The number of hydrogen-bond donors (Lipinski definition) is 2. The van der Waals surface area contributed by atoms with Gasteiger partial charge in [0.05, 0.1) is 10.6 Å². The fraction of sp³-hybridized carbons (Fsp3) is 0.0952. The van der Waals surface area contributed by atoms with E-state index in [0.717, 1.165) is 11.1 Å². The van der Waals surface area contributed by atoms with Crippen LogP contribution in [-0.4, -0.2) is 21.1 Å². The van der Waals surface area contributed by atoms with Crippen molar-refractivity contribution in [3.63, 3.8) is 0 Å². The van der Waals surface area contributed by atoms with Crippen molar-refractivity contribution in [3.05, 3.63) is 75.4 Å². The van der Waals surface area contributed by atoms with Crippen LogP contribution in [0.5, 0.6) is 0 Å². The molecular weight excluding hydrogens is 426 g/mol. The van der Waals surface area contributed by atoms with Gasteiger partial charge in [0, 0.05) is 21.7 Å². The number of thiophene rings is 1. The summed E-state index contributed by atoms with van der Waals surface area (Å²) in [5.74, 6) is -0.198. The summed E-state index contributed by atoms with van der Waals surface area (Å²) < 4.78 is 0. The average Bonchev–Trinajstić information content (AvgIpc) is 3.13. The van der Waals surface area contributed by atoms with Gasteiger partial charge in [0.15, 0.2) is 5.16 Å². The van der Waals surface area contributed by atoms with Crippen LogP contribution in [0.1, 0.15) is 6.92 Å². The van der Waals surface area contributed by atoms with E-state index < -0.39 is 5.25 Å². The maximum atomic E-state index is 12.7. The number of amides is 1. The van der Waals surface area contributed by atoms with Gasteiger partial charge >= 0.3 is 0 Å². The first kappa shape index (κ1) is 19.7. The van der Waals surface area contributed by atoms with Crippen molar-refractivity contribution in [3.8, 4) is 11.1 Å². The van der Waals surface area contributed by atoms with E-state index in [0.29, 0.717) is 26.1 Å². The third-order valence-electron chi connectivity index (χ3n) is 4.26. The molecule has 0 saturated carbocycles. The SMILES string of the molecule is CC(Sc1nc2scc(-c3ccccc3)c2c(=O)[nH]1)C(=O)Nc1cccc(Cl)c1. The predicted molar refractivity (Wildman–Crippen MR) is 121 cm³/mol. The maximum Gasteiger partial charge on any atom is 0.260 e. The van der Waals surface area contributed by atoms with E-state index in [4.69, 9.17) is 11.6 Å². The number of rotatable bonds is 5. The number of fused-ring (bicyclic) bond motifs is 1. The van der Waals surface area contributed by atoms with Crippen LogP contribution >= 0.6 is 34.7 Å². The van der Waals surface area contributed by atoms with E-state index in [-0.39, 0.29) is 11.5 Å². The number of benzene rings is 2. The second-order valence-corrected chi connectivity index (χ2v) is 8.95. The number of hydrogen-bond acceptors (Lipinski definition) is 5. The summed E-state index contributed by atoms with van der Waals surface area (Å²) in [5.41, 5.74) is 2.25. The monoisotopic (exact) mass is 441 g/mol. The van der Waals surface area contributed by atoms with E-state index in [1.165, 1.54) is 23.1 Å². The van der Waals surface area contributed by atoms with E-state index in [2.05, 4.69) is 15.3 Å². The highest BCUT2D eigenvalue weighted by Gasteiger charge is 2.18. The van der Waals surface area contributed by atoms with Crippen LogP contribution < -0.4 is 10.9 Å². The molecule has 4 rings (SSSR count). The number of thioether (sulfide) groups is 1. The Labute approximate surface area is 180 Å². The Kier molecular flexibility index (Phi) is 5.71. The van der Waals surface area contributed by atoms with Gasteiger partial charge in [-0.15, -0.1) is 11.3 Å². The number of carbonyl (C=O) groups excluding carboxylic acids is 1. The molecule has 5 nitrogen and oxygen atoms in total. The summed E-state index contributed by atoms with van der Waals surface area (Å²) in [5, 5.41) is 5.83. The molecule has 2 heterocycles. The summed E-state index contributed by atoms with van der Waals surface area (Å²) in [6.07, 6.45) is 0. The van der Waals surface area contributed by atoms with E-state index in [9.17, 15) is 9.59 Å². The summed E-state index contributed by atoms with van der Waals surface area (Å²) in [6.45, 7) is 1.76. The van der Waals surface area contributed by atoms with Crippen molar-refractivity contribution < 1.29 is 4.79 Å². The Bertz CT molecular complexity index is 1240. The summed E-state index contributed by atoms with van der Waals surface area (Å²) >= 11 is 8.57. The first-order chi connectivity index (χ1) is 14.0. The maximum absolute atomic E-state index is 12.7. The fourth-order valence-corrected chi connectivity index (χ4v) is 4.84. The molecule has 4 aromatic rings. The molecule has 8 heteroatoms. The second-order valence-electron chi connectivity index (χ2n) is 6.33. The number of nitrogens with zero attached hydrogens (tertiary/aromatic N) is 1. The molecule has 0 aliphatic rings. The van der Waals surface area contributed by atoms with Gasteiger partial charge in [-0.3, -0.25) is 9.59 Å². The smallest absolute Gasteiger partial charge is 0.260 e. The molecule has 29 heavy (non-hydrogen) atoms. The first-order valence-corrected chi connectivity index (χ1v) is 10.9. The molecule has 0 radical (unpaired) electrons. The molecule has 2 aromatic carbocycles. The van der Waals surface area contributed by atoms with Crippen molar-refractivity contribution >= 4 is 56.5 Å². The fourth-order valence-electron chi connectivity index (χ4n) is 2.85. The van der Waals surface area contributed by atoms with Crippen LogP contribution in [-0.2, 0) is 4.79 Å². The third kappa shape index (κ3) is 4.37. The molecule has 1 amide bonds. The van der Waals surface area contributed by atoms with Gasteiger partial charge in [0.25, 0.3) is 5.56 Å². The zero-order valence-electron chi connectivity index (χ0n) is 15.3. The van der Waals surface area contributed by atoms with Gasteiger partial charge in [0.1, 0.15) is 4.83 Å². The molecule has 0 aliphatic heterocycles. The normalized spacial score (nSPS) is 12.1. The molecule has 2 N–H and O–H groups in total. The topological polar surface area (TPSA) is 74.8 Å². The molecular formula is C21H16ClN3O2S2. The molecule has 0 aliphatic carbocycles. The summed E-state index contributed by atoms with van der Waals surface area (Å²) in [7, 11) is 0. The lowest BCUT2D eigenvalue weighted by atomic mass is 10.1. The minimum Gasteiger partial charge on any atom is -0.325 e. The Hall–Kier alpha value is -2.61. The van der Waals surface area contributed by atoms with E-state index >= 15 is 0 Å². The quantitative estimate of drug-likeness (QED) is 0.320. The molecule has 1 atom stereocenters. The van der Waals surface area contributed by atoms with E-state index in [1.807, 2.05) is 35.7 Å². The minimum atomic E-state index is -0.455. The molecule has 146 valence electrons. The van der Waals surface area contributed by atoms with Gasteiger partial charge in [0.2, 0.25) is 5.91 Å². The summed E-state index contributed by atoms with van der Waals surface area (Å²) in [6, 6.07) is 16.7. The lowest BCUT2D eigenvalue weighted by Gasteiger charge is -2.11. The number of carbonyl (C=O) groups is 1. The van der Waals surface area contributed by atoms with Crippen molar-refractivity contribution in [1.82, 2.24) is 9.97 Å². The third-order valence-corrected chi connectivity index (χ3v) is 6.35. The number of halogens is 1. The Balaban J connectivity index is 1.55. The van der Waals surface area contributed by atoms with Gasteiger partial charge in [-0.05, 0) is 30.7 Å². The van der Waals surface area contributed by atoms with Crippen molar-refractivity contribution in [2.24, 2.45) is 0 Å². The predicted octanol–water partition coefficient (Wildman–Crippen LogP) is 5.42. The molecule has 0 bridgehead atoms. The van der Waals surface area contributed by atoms with Crippen LogP contribution in [0.2, 0.25) is 5.02 Å². The van der Waals surface area contributed by atoms with Gasteiger partial charge in [-0.1, -0.05) is 59.8 Å². The summed E-state index contributed by atoms with van der Waals surface area (Å²) in [4.78, 5) is 33.2. The van der Waals surface area contributed by atoms with Gasteiger partial charge in [-0.2, -0.15) is 0 Å². The van der Waals surface area contributed by atoms with Crippen molar-refractivity contribution in [1.29, 1.82) is 0 Å². The first-order valence-electron chi connectivity index (χ1n) is 8.81. The van der Waals surface area contributed by atoms with Crippen LogP contribution in [0.15, 0.2) is 69.9 Å². The van der Waals surface area contributed by atoms with Crippen LogP contribution in [0.25, 0.3) is 21.3 Å². The molecule has 0 spiro atoms. The number of H-pyrrole nitrogens is 1.